The third kappa shape index (κ3) is 4.58. The quantitative estimate of drug-likeness (QED) is 0.863. The Bertz CT molecular complexity index is 833. The number of amides is 1. The first kappa shape index (κ1) is 20.0. The smallest absolute Gasteiger partial charge is 0.369 e. The minimum atomic E-state index is -4.80. The van der Waals surface area contributed by atoms with Gasteiger partial charge in [0.15, 0.2) is 5.82 Å². The average Bonchev–Trinajstić information content (AvgIpc) is 2.69. The Morgan fingerprint density at radius 1 is 1.18 bits per heavy atom. The number of rotatable bonds is 4. The molecule has 0 aliphatic carbocycles. The van der Waals surface area contributed by atoms with E-state index in [0.717, 1.165) is 21.7 Å². The van der Waals surface area contributed by atoms with Gasteiger partial charge in [0.25, 0.3) is 0 Å². The summed E-state index contributed by atoms with van der Waals surface area (Å²) in [5, 5.41) is 3.32. The number of nitrogens with one attached hydrogen (secondary N) is 1. The standard InChI is InChI=1S/C19H22F3N5O/c1-12-13(2)25-17(15-3-7-23-8-4-15)26-16(12)24-11-14-5-9-27(10-6-14)18(28)19(20,21)22/h3-4,7-8,14H,5-6,9-11H2,1-2H3,(H,24,25,26). The number of nitrogens with zero attached hydrogens (tertiary/aromatic N) is 4. The molecule has 2 aromatic rings. The highest BCUT2D eigenvalue weighted by molar-refractivity contribution is 5.81. The fourth-order valence-electron chi connectivity index (χ4n) is 3.19. The first-order chi connectivity index (χ1) is 13.3. The summed E-state index contributed by atoms with van der Waals surface area (Å²) in [7, 11) is 0. The minimum Gasteiger partial charge on any atom is -0.369 e. The molecular weight excluding hydrogens is 371 g/mol. The van der Waals surface area contributed by atoms with Crippen LogP contribution in [0.5, 0.6) is 0 Å². The van der Waals surface area contributed by atoms with Gasteiger partial charge in [-0.15, -0.1) is 0 Å². The number of carbonyl (C=O) groups excluding carboxylic acids is 1. The van der Waals surface area contributed by atoms with E-state index in [2.05, 4.69) is 20.3 Å². The lowest BCUT2D eigenvalue weighted by atomic mass is 9.96. The van der Waals surface area contributed by atoms with Crippen molar-refractivity contribution >= 4 is 11.7 Å². The Balaban J connectivity index is 1.63. The van der Waals surface area contributed by atoms with E-state index in [0.29, 0.717) is 31.0 Å². The maximum absolute atomic E-state index is 12.5. The summed E-state index contributed by atoms with van der Waals surface area (Å²) < 4.78 is 37.6. The lowest BCUT2D eigenvalue weighted by Gasteiger charge is -2.32. The fourth-order valence-corrected chi connectivity index (χ4v) is 3.19. The van der Waals surface area contributed by atoms with Crippen molar-refractivity contribution in [3.8, 4) is 11.4 Å². The van der Waals surface area contributed by atoms with Crippen molar-refractivity contribution < 1.29 is 18.0 Å². The van der Waals surface area contributed by atoms with E-state index in [1.165, 1.54) is 0 Å². The molecule has 1 saturated heterocycles. The maximum Gasteiger partial charge on any atom is 0.471 e. The number of hydrogen-bond acceptors (Lipinski definition) is 5. The predicted molar refractivity (Wildman–Crippen MR) is 98.6 cm³/mol. The summed E-state index contributed by atoms with van der Waals surface area (Å²) >= 11 is 0. The van der Waals surface area contributed by atoms with Crippen molar-refractivity contribution in [3.63, 3.8) is 0 Å². The molecule has 0 atom stereocenters. The van der Waals surface area contributed by atoms with Gasteiger partial charge in [0.1, 0.15) is 5.82 Å². The summed E-state index contributed by atoms with van der Waals surface area (Å²) in [5.41, 5.74) is 2.65. The highest BCUT2D eigenvalue weighted by Crippen LogP contribution is 2.25. The third-order valence-electron chi connectivity index (χ3n) is 5.03. The molecule has 1 aliphatic rings. The van der Waals surface area contributed by atoms with E-state index in [-0.39, 0.29) is 19.0 Å². The lowest BCUT2D eigenvalue weighted by Crippen LogP contribution is -2.46. The zero-order valence-corrected chi connectivity index (χ0v) is 15.8. The second-order valence-corrected chi connectivity index (χ2v) is 6.96. The Labute approximate surface area is 161 Å². The number of piperidine rings is 1. The molecule has 0 unspecified atom stereocenters. The molecule has 1 aliphatic heterocycles. The van der Waals surface area contributed by atoms with Gasteiger partial charge in [-0.2, -0.15) is 13.2 Å². The highest BCUT2D eigenvalue weighted by Gasteiger charge is 2.43. The number of likely N-dealkylation sites (tertiary alicyclic amines) is 1. The molecule has 1 amide bonds. The first-order valence-corrected chi connectivity index (χ1v) is 9.11. The summed E-state index contributed by atoms with van der Waals surface area (Å²) in [6, 6.07) is 3.67. The Morgan fingerprint density at radius 3 is 2.43 bits per heavy atom. The van der Waals surface area contributed by atoms with Gasteiger partial charge in [0.05, 0.1) is 0 Å². The number of aromatic nitrogens is 3. The summed E-state index contributed by atoms with van der Waals surface area (Å²) in [5.74, 6) is -0.258. The van der Waals surface area contributed by atoms with Crippen LogP contribution in [0, 0.1) is 19.8 Å². The molecule has 3 rings (SSSR count). The van der Waals surface area contributed by atoms with Crippen LogP contribution in [0.25, 0.3) is 11.4 Å². The van der Waals surface area contributed by atoms with Gasteiger partial charge in [-0.25, -0.2) is 9.97 Å². The van der Waals surface area contributed by atoms with Crippen molar-refractivity contribution in [1.29, 1.82) is 0 Å². The van der Waals surface area contributed by atoms with Gasteiger partial charge in [-0.3, -0.25) is 9.78 Å². The molecule has 6 nitrogen and oxygen atoms in total. The topological polar surface area (TPSA) is 71.0 Å². The highest BCUT2D eigenvalue weighted by atomic mass is 19.4. The van der Waals surface area contributed by atoms with Gasteiger partial charge < -0.3 is 10.2 Å². The van der Waals surface area contributed by atoms with Crippen LogP contribution >= 0.6 is 0 Å². The predicted octanol–water partition coefficient (Wildman–Crippen LogP) is 3.37. The van der Waals surface area contributed by atoms with Crippen molar-refractivity contribution in [2.24, 2.45) is 5.92 Å². The Kier molecular flexibility index (Phi) is 5.81. The van der Waals surface area contributed by atoms with E-state index >= 15 is 0 Å². The van der Waals surface area contributed by atoms with Crippen LogP contribution in [0.15, 0.2) is 24.5 Å². The number of halogens is 3. The van der Waals surface area contributed by atoms with Crippen LogP contribution in [-0.4, -0.2) is 51.6 Å². The molecule has 3 heterocycles. The second kappa shape index (κ2) is 8.12. The average molecular weight is 393 g/mol. The second-order valence-electron chi connectivity index (χ2n) is 6.96. The zero-order chi connectivity index (χ0) is 20.3. The molecule has 0 radical (unpaired) electrons. The third-order valence-corrected chi connectivity index (χ3v) is 5.03. The van der Waals surface area contributed by atoms with Gasteiger partial charge in [-0.1, -0.05) is 0 Å². The van der Waals surface area contributed by atoms with Gasteiger partial charge in [-0.05, 0) is 44.7 Å². The molecule has 150 valence electrons. The van der Waals surface area contributed by atoms with Crippen LogP contribution in [0.3, 0.4) is 0 Å². The number of carbonyl (C=O) groups is 1. The molecule has 1 N–H and O–H groups in total. The Hall–Kier alpha value is -2.71. The molecule has 2 aromatic heterocycles. The SMILES string of the molecule is Cc1nc(-c2ccncc2)nc(NCC2CCN(C(=O)C(F)(F)F)CC2)c1C. The number of pyridine rings is 1. The van der Waals surface area contributed by atoms with Gasteiger partial charge in [0.2, 0.25) is 0 Å². The van der Waals surface area contributed by atoms with Crippen molar-refractivity contribution in [2.45, 2.75) is 32.9 Å². The van der Waals surface area contributed by atoms with E-state index in [9.17, 15) is 18.0 Å². The van der Waals surface area contributed by atoms with Crippen molar-refractivity contribution in [3.05, 3.63) is 35.8 Å². The fraction of sp³-hybridized carbons (Fsp3) is 0.474. The van der Waals surface area contributed by atoms with E-state index in [4.69, 9.17) is 0 Å². The van der Waals surface area contributed by atoms with Gasteiger partial charge in [0, 0.05) is 48.8 Å². The first-order valence-electron chi connectivity index (χ1n) is 9.11. The lowest BCUT2D eigenvalue weighted by molar-refractivity contribution is -0.186. The van der Waals surface area contributed by atoms with Crippen LogP contribution in [0.4, 0.5) is 19.0 Å². The molecule has 9 heteroatoms. The van der Waals surface area contributed by atoms with E-state index < -0.39 is 12.1 Å². The van der Waals surface area contributed by atoms with Gasteiger partial charge >= 0.3 is 12.1 Å². The summed E-state index contributed by atoms with van der Waals surface area (Å²) in [6.45, 7) is 4.66. The number of anilines is 1. The molecule has 1 fully saturated rings. The maximum atomic E-state index is 12.5. The van der Waals surface area contributed by atoms with Crippen LogP contribution in [-0.2, 0) is 4.79 Å². The van der Waals surface area contributed by atoms with Crippen LogP contribution < -0.4 is 5.32 Å². The zero-order valence-electron chi connectivity index (χ0n) is 15.8. The normalized spacial score (nSPS) is 15.5. The molecule has 0 spiro atoms. The summed E-state index contributed by atoms with van der Waals surface area (Å²) in [4.78, 5) is 25.3. The van der Waals surface area contributed by atoms with Crippen LogP contribution in [0.1, 0.15) is 24.1 Å². The van der Waals surface area contributed by atoms with E-state index in [1.807, 2.05) is 26.0 Å². The Morgan fingerprint density at radius 2 is 1.82 bits per heavy atom. The minimum absolute atomic E-state index is 0.120. The van der Waals surface area contributed by atoms with Crippen molar-refractivity contribution in [2.75, 3.05) is 25.0 Å². The number of alkyl halides is 3. The van der Waals surface area contributed by atoms with Crippen molar-refractivity contribution in [1.82, 2.24) is 19.9 Å². The number of aryl methyl sites for hydroxylation is 1. The number of hydrogen-bond donors (Lipinski definition) is 1. The molecular formula is C19H22F3N5O. The monoisotopic (exact) mass is 393 g/mol. The molecule has 28 heavy (non-hydrogen) atoms. The molecule has 0 aromatic carbocycles. The van der Waals surface area contributed by atoms with E-state index in [1.54, 1.807) is 12.4 Å². The van der Waals surface area contributed by atoms with Crippen LogP contribution in [0.2, 0.25) is 0 Å². The molecule has 0 bridgehead atoms. The molecule has 0 saturated carbocycles. The largest absolute Gasteiger partial charge is 0.471 e. The summed E-state index contributed by atoms with van der Waals surface area (Å²) in [6.07, 6.45) is -0.400.